The van der Waals surface area contributed by atoms with Crippen LogP contribution in [0.15, 0.2) is 24.3 Å². The summed E-state index contributed by atoms with van der Waals surface area (Å²) in [6.45, 7) is 9.03. The fraction of sp³-hybridized carbons (Fsp3) is 0.588. The molecular formula is C17H28N2O2. The van der Waals surface area contributed by atoms with Crippen molar-refractivity contribution in [2.24, 2.45) is 0 Å². The highest BCUT2D eigenvalue weighted by atomic mass is 16.5. The quantitative estimate of drug-likeness (QED) is 0.616. The van der Waals surface area contributed by atoms with Crippen LogP contribution in [-0.4, -0.2) is 30.1 Å². The number of rotatable bonds is 7. The molecule has 0 heterocycles. The molecular weight excluding hydrogens is 264 g/mol. The fourth-order valence-electron chi connectivity index (χ4n) is 2.12. The first-order valence-electron chi connectivity index (χ1n) is 7.63. The Balaban J connectivity index is 2.90. The predicted octanol–water partition coefficient (Wildman–Crippen LogP) is 3.63. The number of hydrogen-bond donors (Lipinski definition) is 1. The number of nitrogens with one attached hydrogen (secondary N) is 1. The van der Waals surface area contributed by atoms with E-state index in [1.165, 1.54) is 0 Å². The maximum atomic E-state index is 12.8. The number of para-hydroxylation sites is 1. The van der Waals surface area contributed by atoms with E-state index in [0.29, 0.717) is 11.3 Å². The third-order valence-corrected chi connectivity index (χ3v) is 3.26. The predicted molar refractivity (Wildman–Crippen MR) is 86.4 cm³/mol. The number of hydrazine groups is 1. The molecule has 4 heteroatoms. The van der Waals surface area contributed by atoms with Gasteiger partial charge in [-0.15, -0.1) is 0 Å². The molecule has 0 atom stereocenters. The summed E-state index contributed by atoms with van der Waals surface area (Å²) in [5, 5.41) is 1.71. The van der Waals surface area contributed by atoms with Gasteiger partial charge in [-0.05, 0) is 39.3 Å². The van der Waals surface area contributed by atoms with Crippen LogP contribution in [0.1, 0.15) is 57.3 Å². The van der Waals surface area contributed by atoms with E-state index in [4.69, 9.17) is 4.74 Å². The van der Waals surface area contributed by atoms with Gasteiger partial charge < -0.3 is 4.74 Å². The molecule has 118 valence electrons. The van der Waals surface area contributed by atoms with Crippen LogP contribution >= 0.6 is 0 Å². The van der Waals surface area contributed by atoms with Crippen molar-refractivity contribution in [1.82, 2.24) is 10.4 Å². The second-order valence-corrected chi connectivity index (χ2v) is 6.13. The van der Waals surface area contributed by atoms with Gasteiger partial charge in [0.1, 0.15) is 5.75 Å². The summed E-state index contributed by atoms with van der Waals surface area (Å²) in [4.78, 5) is 12.8. The standard InChI is InChI=1S/C17H28N2O2/c1-6-7-10-13-18-19(17(2,3)4)16(20)14-11-8-9-12-15(14)21-5/h8-9,11-12,18H,6-7,10,13H2,1-5H3. The minimum atomic E-state index is -0.301. The van der Waals surface area contributed by atoms with Crippen LogP contribution in [0.5, 0.6) is 5.75 Å². The van der Waals surface area contributed by atoms with Crippen molar-refractivity contribution in [3.8, 4) is 5.75 Å². The Bertz CT molecular complexity index is 452. The lowest BCUT2D eigenvalue weighted by atomic mass is 10.1. The Morgan fingerprint density at radius 2 is 1.90 bits per heavy atom. The summed E-state index contributed by atoms with van der Waals surface area (Å²) in [7, 11) is 1.59. The number of benzene rings is 1. The molecule has 0 radical (unpaired) electrons. The first-order chi connectivity index (χ1) is 9.91. The Kier molecular flexibility index (Phi) is 6.69. The van der Waals surface area contributed by atoms with Gasteiger partial charge in [-0.3, -0.25) is 9.80 Å². The van der Waals surface area contributed by atoms with E-state index < -0.39 is 0 Å². The van der Waals surface area contributed by atoms with Crippen molar-refractivity contribution in [2.75, 3.05) is 13.7 Å². The van der Waals surface area contributed by atoms with E-state index in [2.05, 4.69) is 12.3 Å². The third kappa shape index (κ3) is 5.05. The SMILES string of the molecule is CCCCCNN(C(=O)c1ccccc1OC)C(C)(C)C. The minimum Gasteiger partial charge on any atom is -0.496 e. The van der Waals surface area contributed by atoms with Gasteiger partial charge in [0.05, 0.1) is 18.2 Å². The molecule has 0 aliphatic carbocycles. The fourth-order valence-corrected chi connectivity index (χ4v) is 2.12. The molecule has 1 aromatic rings. The molecule has 1 aromatic carbocycles. The van der Waals surface area contributed by atoms with Crippen molar-refractivity contribution in [1.29, 1.82) is 0 Å². The van der Waals surface area contributed by atoms with Gasteiger partial charge in [-0.1, -0.05) is 31.9 Å². The molecule has 4 nitrogen and oxygen atoms in total. The zero-order valence-electron chi connectivity index (χ0n) is 13.9. The van der Waals surface area contributed by atoms with Gasteiger partial charge in [0, 0.05) is 6.54 Å². The Hall–Kier alpha value is -1.55. The second-order valence-electron chi connectivity index (χ2n) is 6.13. The van der Waals surface area contributed by atoms with Crippen LogP contribution in [0, 0.1) is 0 Å². The zero-order valence-corrected chi connectivity index (χ0v) is 13.9. The molecule has 0 spiro atoms. The highest BCUT2D eigenvalue weighted by molar-refractivity contribution is 5.97. The van der Waals surface area contributed by atoms with Crippen molar-refractivity contribution in [3.63, 3.8) is 0 Å². The molecule has 1 amide bonds. The largest absolute Gasteiger partial charge is 0.496 e. The molecule has 0 saturated carbocycles. The second kappa shape index (κ2) is 8.03. The number of carbonyl (C=O) groups excluding carboxylic acids is 1. The number of unbranched alkanes of at least 4 members (excludes halogenated alkanes) is 2. The molecule has 0 aliphatic heterocycles. The molecule has 0 aromatic heterocycles. The van der Waals surface area contributed by atoms with Crippen LogP contribution in [0.2, 0.25) is 0 Å². The van der Waals surface area contributed by atoms with Gasteiger partial charge in [0.25, 0.3) is 5.91 Å². The van der Waals surface area contributed by atoms with Crippen LogP contribution in [0.25, 0.3) is 0 Å². The van der Waals surface area contributed by atoms with E-state index >= 15 is 0 Å². The van der Waals surface area contributed by atoms with Crippen LogP contribution in [-0.2, 0) is 0 Å². The van der Waals surface area contributed by atoms with Gasteiger partial charge in [0.15, 0.2) is 0 Å². The number of ether oxygens (including phenoxy) is 1. The first kappa shape index (κ1) is 17.5. The molecule has 0 fully saturated rings. The molecule has 0 aliphatic rings. The summed E-state index contributed by atoms with van der Waals surface area (Å²) < 4.78 is 5.30. The summed E-state index contributed by atoms with van der Waals surface area (Å²) in [5.74, 6) is 0.545. The van der Waals surface area contributed by atoms with E-state index in [9.17, 15) is 4.79 Å². The summed E-state index contributed by atoms with van der Waals surface area (Å²) in [6.07, 6.45) is 3.38. The topological polar surface area (TPSA) is 41.6 Å². The van der Waals surface area contributed by atoms with E-state index in [-0.39, 0.29) is 11.4 Å². The molecule has 1 N–H and O–H groups in total. The zero-order chi connectivity index (χ0) is 15.9. The van der Waals surface area contributed by atoms with Crippen molar-refractivity contribution >= 4 is 5.91 Å². The van der Waals surface area contributed by atoms with Gasteiger partial charge in [-0.2, -0.15) is 0 Å². The third-order valence-electron chi connectivity index (χ3n) is 3.26. The Morgan fingerprint density at radius 3 is 2.48 bits per heavy atom. The Morgan fingerprint density at radius 1 is 1.24 bits per heavy atom. The first-order valence-corrected chi connectivity index (χ1v) is 7.63. The highest BCUT2D eigenvalue weighted by Gasteiger charge is 2.28. The number of amides is 1. The lowest BCUT2D eigenvalue weighted by Gasteiger charge is -2.36. The molecule has 21 heavy (non-hydrogen) atoms. The van der Waals surface area contributed by atoms with Crippen molar-refractivity contribution in [3.05, 3.63) is 29.8 Å². The van der Waals surface area contributed by atoms with E-state index in [1.54, 1.807) is 18.2 Å². The average Bonchev–Trinajstić information content (AvgIpc) is 2.45. The molecule has 0 saturated heterocycles. The van der Waals surface area contributed by atoms with E-state index in [0.717, 1.165) is 25.8 Å². The molecule has 0 unspecified atom stereocenters. The maximum absolute atomic E-state index is 12.8. The highest BCUT2D eigenvalue weighted by Crippen LogP contribution is 2.22. The molecule has 0 bridgehead atoms. The van der Waals surface area contributed by atoms with Crippen molar-refractivity contribution in [2.45, 2.75) is 52.5 Å². The monoisotopic (exact) mass is 292 g/mol. The lowest BCUT2D eigenvalue weighted by Crippen LogP contribution is -2.54. The van der Waals surface area contributed by atoms with Crippen LogP contribution in [0.3, 0.4) is 0 Å². The average molecular weight is 292 g/mol. The minimum absolute atomic E-state index is 0.0588. The number of methoxy groups -OCH3 is 1. The number of nitrogens with zero attached hydrogens (tertiary/aromatic N) is 1. The normalized spacial score (nSPS) is 11.3. The van der Waals surface area contributed by atoms with Crippen LogP contribution < -0.4 is 10.2 Å². The summed E-state index contributed by atoms with van der Waals surface area (Å²) in [6, 6.07) is 7.33. The maximum Gasteiger partial charge on any atom is 0.272 e. The smallest absolute Gasteiger partial charge is 0.272 e. The van der Waals surface area contributed by atoms with Crippen molar-refractivity contribution < 1.29 is 9.53 Å². The van der Waals surface area contributed by atoms with Gasteiger partial charge in [-0.25, -0.2) is 5.43 Å². The number of hydrogen-bond acceptors (Lipinski definition) is 3. The lowest BCUT2D eigenvalue weighted by molar-refractivity contribution is 0.0397. The number of carbonyl (C=O) groups is 1. The summed E-state index contributed by atoms with van der Waals surface area (Å²) in [5.41, 5.74) is 3.55. The van der Waals surface area contributed by atoms with E-state index in [1.807, 2.05) is 39.0 Å². The van der Waals surface area contributed by atoms with Gasteiger partial charge >= 0.3 is 0 Å². The van der Waals surface area contributed by atoms with Gasteiger partial charge in [0.2, 0.25) is 0 Å². The molecule has 1 rings (SSSR count). The van der Waals surface area contributed by atoms with Crippen LogP contribution in [0.4, 0.5) is 0 Å². The Labute approximate surface area is 128 Å². The summed E-state index contributed by atoms with van der Waals surface area (Å²) >= 11 is 0.